The second-order valence-corrected chi connectivity index (χ2v) is 12.3. The Labute approximate surface area is 213 Å². The number of rotatable bonds is 8. The van der Waals surface area contributed by atoms with Gasteiger partial charge in [-0.15, -0.1) is 8.42 Å². The Hall–Kier alpha value is -2.92. The van der Waals surface area contributed by atoms with Gasteiger partial charge in [-0.3, -0.25) is 3.63 Å². The quantitative estimate of drug-likeness (QED) is 0.146. The summed E-state index contributed by atoms with van der Waals surface area (Å²) in [6, 6.07) is 8.21. The largest absolute Gasteiger partial charge is 0.486 e. The van der Waals surface area contributed by atoms with Crippen molar-refractivity contribution in [1.29, 1.82) is 0 Å². The highest BCUT2D eigenvalue weighted by atomic mass is 32.3. The molecule has 0 saturated heterocycles. The predicted octanol–water partition coefficient (Wildman–Crippen LogP) is 8.15. The summed E-state index contributed by atoms with van der Waals surface area (Å²) in [6.45, 7) is 0. The van der Waals surface area contributed by atoms with Crippen molar-refractivity contribution in [3.63, 3.8) is 0 Å². The van der Waals surface area contributed by atoms with Gasteiger partial charge >= 0.3 is 33.4 Å². The first-order valence-electron chi connectivity index (χ1n) is 10.00. The van der Waals surface area contributed by atoms with Gasteiger partial charge in [0.15, 0.2) is 0 Å². The van der Waals surface area contributed by atoms with E-state index in [-0.39, 0.29) is 0 Å². The van der Waals surface area contributed by atoms with E-state index >= 15 is 0 Å². The van der Waals surface area contributed by atoms with Crippen LogP contribution in [0.3, 0.4) is 0 Å². The predicted molar refractivity (Wildman–Crippen MR) is 114 cm³/mol. The third-order valence-corrected chi connectivity index (χ3v) is 10.6. The van der Waals surface area contributed by atoms with Crippen LogP contribution in [0, 0.1) is 17.5 Å². The maximum atomic E-state index is 14.7. The molecule has 0 amide bonds. The zero-order valence-electron chi connectivity index (χ0n) is 18.5. The van der Waals surface area contributed by atoms with Crippen molar-refractivity contribution < 1.29 is 64.7 Å². The summed E-state index contributed by atoms with van der Waals surface area (Å²) in [7, 11) is -11.7. The molecule has 0 atom stereocenters. The van der Waals surface area contributed by atoms with Crippen molar-refractivity contribution in [3.8, 4) is 0 Å². The van der Waals surface area contributed by atoms with E-state index in [1.807, 2.05) is 0 Å². The van der Waals surface area contributed by atoms with E-state index < -0.39 is 75.8 Å². The number of hydrogen-bond acceptors (Lipinski definition) is 2. The van der Waals surface area contributed by atoms with Crippen molar-refractivity contribution in [2.24, 2.45) is 0 Å². The summed E-state index contributed by atoms with van der Waals surface area (Å²) in [5, 5.41) is -7.18. The second-order valence-electron chi connectivity index (χ2n) is 7.65. The van der Waals surface area contributed by atoms with Crippen molar-refractivity contribution in [3.05, 3.63) is 90.2 Å². The Bertz CT molecular complexity index is 1310. The number of alkyl halides is 9. The minimum Gasteiger partial charge on any atom is -0.257 e. The van der Waals surface area contributed by atoms with Gasteiger partial charge in [-0.25, -0.2) is 13.2 Å². The van der Waals surface area contributed by atoms with Crippen LogP contribution in [-0.2, 0) is 10.1 Å². The molecule has 3 aromatic rings. The average molecular weight is 617 g/mol. The van der Waals surface area contributed by atoms with Gasteiger partial charge in [0.05, 0.1) is 25.0 Å². The average Bonchev–Trinajstić information content (AvgIpc) is 2.83. The van der Waals surface area contributed by atoms with Gasteiger partial charge in [0.2, 0.25) is 0 Å². The Morgan fingerprint density at radius 2 is 0.769 bits per heavy atom. The lowest BCUT2D eigenvalue weighted by Gasteiger charge is -2.37. The molecular formula is C22H13F12O3S2+. The smallest absolute Gasteiger partial charge is 0.257 e. The van der Waals surface area contributed by atoms with Crippen LogP contribution in [0.5, 0.6) is 0 Å². The molecule has 0 aliphatic rings. The van der Waals surface area contributed by atoms with Crippen molar-refractivity contribution >= 4 is 20.4 Å². The molecule has 17 heteroatoms. The first-order valence-corrected chi connectivity index (χ1v) is 13.0. The fraction of sp³-hybridized carbons (Fsp3) is 0.182. The highest BCUT2D eigenvalue weighted by Crippen LogP contribution is 2.69. The summed E-state index contributed by atoms with van der Waals surface area (Å²) < 4.78 is 192. The summed E-state index contributed by atoms with van der Waals surface area (Å²) in [6.07, 6.45) is -7.32. The van der Waals surface area contributed by atoms with Crippen molar-refractivity contribution in [2.75, 3.05) is 0 Å². The molecule has 214 valence electrons. The zero-order chi connectivity index (χ0) is 29.7. The van der Waals surface area contributed by atoms with Crippen LogP contribution in [0.2, 0.25) is 0 Å². The van der Waals surface area contributed by atoms with Crippen LogP contribution >= 0.6 is 10.3 Å². The lowest BCUT2D eigenvalue weighted by molar-refractivity contribution is -0.382. The lowest BCUT2D eigenvalue weighted by Crippen LogP contribution is -2.63. The van der Waals surface area contributed by atoms with Gasteiger partial charge in [-0.05, 0) is 72.8 Å². The van der Waals surface area contributed by atoms with Gasteiger partial charge in [0, 0.05) is 0 Å². The van der Waals surface area contributed by atoms with E-state index in [9.17, 15) is 61.1 Å². The molecule has 0 spiro atoms. The van der Waals surface area contributed by atoms with Crippen molar-refractivity contribution in [1.82, 2.24) is 0 Å². The molecule has 3 rings (SSSR count). The molecule has 1 N–H and O–H groups in total. The molecule has 0 radical (unpaired) electrons. The molecule has 3 aromatic carbocycles. The molecule has 0 bridgehead atoms. The van der Waals surface area contributed by atoms with Crippen LogP contribution in [0.4, 0.5) is 52.7 Å². The monoisotopic (exact) mass is 617 g/mol. The van der Waals surface area contributed by atoms with E-state index in [1.54, 1.807) is 0 Å². The molecule has 0 saturated carbocycles. The van der Waals surface area contributed by atoms with Crippen LogP contribution in [0.1, 0.15) is 0 Å². The summed E-state index contributed by atoms with van der Waals surface area (Å²) in [5.74, 6) is -18.1. The maximum Gasteiger partial charge on any atom is 0.486 e. The molecule has 0 heterocycles. The minimum absolute atomic E-state index is 0.563. The highest BCUT2D eigenvalue weighted by molar-refractivity contribution is 8.32. The van der Waals surface area contributed by atoms with Crippen LogP contribution < -0.4 is 0 Å². The summed E-state index contributed by atoms with van der Waals surface area (Å²) >= 11 is 0. The van der Waals surface area contributed by atoms with Crippen LogP contribution in [0.15, 0.2) is 87.5 Å². The molecule has 0 unspecified atom stereocenters. The third-order valence-electron chi connectivity index (χ3n) is 5.11. The molecule has 0 fully saturated rings. The molecule has 3 nitrogen and oxygen atoms in total. The third kappa shape index (κ3) is 5.06. The Balaban J connectivity index is 2.38. The van der Waals surface area contributed by atoms with E-state index in [0.29, 0.717) is 36.4 Å². The standard InChI is InChI=1S/C22H12F12O3S2/c23-13-1-7-16(8-2-13)38(17-9-3-14(24)4-10-17,18-11-5-15(25)6-12-18)37-39(35,36)22(33,34)20(28,29)19(26,27)21(30,31)32/h1-12H/p+1. The van der Waals surface area contributed by atoms with E-state index in [2.05, 4.69) is 3.63 Å². The van der Waals surface area contributed by atoms with Gasteiger partial charge < -0.3 is 0 Å². The maximum absolute atomic E-state index is 14.7. The molecule has 0 aliphatic carbocycles. The van der Waals surface area contributed by atoms with Gasteiger partial charge in [0.1, 0.15) is 17.5 Å². The topological polar surface area (TPSA) is 46.9 Å². The first-order chi connectivity index (χ1) is 17.7. The van der Waals surface area contributed by atoms with E-state index in [0.717, 1.165) is 36.4 Å². The normalized spacial score (nSPS) is 14.4. The zero-order valence-corrected chi connectivity index (χ0v) is 20.2. The molecule has 0 aliphatic heterocycles. The highest BCUT2D eigenvalue weighted by Gasteiger charge is 2.88. The second kappa shape index (κ2) is 9.92. The minimum atomic E-state index is -7.58. The Morgan fingerprint density at radius 3 is 1.03 bits per heavy atom. The fourth-order valence-electron chi connectivity index (χ4n) is 3.15. The van der Waals surface area contributed by atoms with Crippen molar-refractivity contribution in [2.45, 2.75) is 38.0 Å². The number of hydrogen-bond donors (Lipinski definition) is 0. The lowest BCUT2D eigenvalue weighted by atomic mass is 10.1. The molecule has 39 heavy (non-hydrogen) atoms. The Morgan fingerprint density at radius 1 is 0.487 bits per heavy atom. The first kappa shape index (κ1) is 30.6. The Kier molecular flexibility index (Phi) is 7.79. The van der Waals surface area contributed by atoms with Gasteiger partial charge in [-0.1, -0.05) is 0 Å². The summed E-state index contributed by atoms with van der Waals surface area (Å²) in [5.41, 5.74) is 0. The van der Waals surface area contributed by atoms with Crippen LogP contribution in [0.25, 0.3) is 0 Å². The van der Waals surface area contributed by atoms with E-state index in [4.69, 9.17) is 0 Å². The molecular weight excluding hydrogens is 604 g/mol. The molecule has 0 aromatic heterocycles. The van der Waals surface area contributed by atoms with Gasteiger partial charge in [0.25, 0.3) is 0 Å². The summed E-state index contributed by atoms with van der Waals surface area (Å²) in [4.78, 5) is -1.69. The van der Waals surface area contributed by atoms with Gasteiger partial charge in [-0.2, -0.15) is 39.5 Å². The number of benzene rings is 3. The van der Waals surface area contributed by atoms with Crippen LogP contribution in [-0.4, -0.2) is 35.3 Å². The van der Waals surface area contributed by atoms with E-state index in [1.165, 1.54) is 0 Å². The fourth-order valence-corrected chi connectivity index (χ4v) is 8.59. The number of halogens is 12. The SMILES string of the molecule is O=S(=O)([OH+]S(c1ccc(F)cc1)(c1ccc(F)cc1)c1ccc(F)cc1)C(F)(F)C(F)(F)C(F)(F)C(F)(F)F.